The van der Waals surface area contributed by atoms with Crippen molar-refractivity contribution in [2.45, 2.75) is 33.1 Å². The Bertz CT molecular complexity index is 326. The smallest absolute Gasteiger partial charge is 0.123 e. The lowest BCUT2D eigenvalue weighted by atomic mass is 9.86. The van der Waals surface area contributed by atoms with Gasteiger partial charge in [-0.15, -0.1) is 0 Å². The fourth-order valence-corrected chi connectivity index (χ4v) is 1.37. The highest BCUT2D eigenvalue weighted by Crippen LogP contribution is 2.28. The van der Waals surface area contributed by atoms with Gasteiger partial charge in [0.1, 0.15) is 19.0 Å². The summed E-state index contributed by atoms with van der Waals surface area (Å²) in [5, 5.41) is 0. The topological polar surface area (TPSA) is 9.23 Å². The van der Waals surface area contributed by atoms with Crippen molar-refractivity contribution in [2.75, 3.05) is 13.3 Å². The molecule has 0 fully saturated rings. The van der Waals surface area contributed by atoms with Crippen molar-refractivity contribution in [3.8, 4) is 5.75 Å². The molecule has 0 aliphatic carbocycles. The van der Waals surface area contributed by atoms with Gasteiger partial charge in [-0.05, 0) is 29.5 Å². The van der Waals surface area contributed by atoms with Crippen molar-refractivity contribution in [3.63, 3.8) is 0 Å². The summed E-state index contributed by atoms with van der Waals surface area (Å²) in [6.45, 7) is 8.11. The Balaban J connectivity index is 2.95. The van der Waals surface area contributed by atoms with Crippen LogP contribution in [-0.2, 0) is 5.41 Å². The largest absolute Gasteiger partial charge is 0.491 e. The molecule has 0 radical (unpaired) electrons. The lowest BCUT2D eigenvalue weighted by molar-refractivity contribution is 0.271. The predicted octanol–water partition coefficient (Wildman–Crippen LogP) is 3.64. The number of aryl methyl sites for hydroxylation is 1. The molecule has 15 heavy (non-hydrogen) atoms. The highest BCUT2D eigenvalue weighted by atomic mass is 19.1. The molecular formula is C13H19FO. The van der Waals surface area contributed by atoms with Crippen LogP contribution in [-0.4, -0.2) is 13.3 Å². The van der Waals surface area contributed by atoms with Gasteiger partial charge in [-0.1, -0.05) is 32.9 Å². The summed E-state index contributed by atoms with van der Waals surface area (Å²) >= 11 is 0. The molecule has 2 heteroatoms. The van der Waals surface area contributed by atoms with Crippen LogP contribution in [0, 0.1) is 6.92 Å². The zero-order chi connectivity index (χ0) is 11.5. The first-order valence-corrected chi connectivity index (χ1v) is 5.25. The SMILES string of the molecule is Cc1ccc(C(C)(C)C)cc1OCCF. The van der Waals surface area contributed by atoms with Crippen LogP contribution < -0.4 is 4.74 Å². The van der Waals surface area contributed by atoms with Gasteiger partial charge in [0.2, 0.25) is 0 Å². The molecule has 0 unspecified atom stereocenters. The van der Waals surface area contributed by atoms with Gasteiger partial charge in [0.25, 0.3) is 0 Å². The van der Waals surface area contributed by atoms with Crippen molar-refractivity contribution >= 4 is 0 Å². The molecule has 0 aliphatic heterocycles. The molecule has 1 nitrogen and oxygen atoms in total. The number of alkyl halides is 1. The van der Waals surface area contributed by atoms with Crippen LogP contribution in [0.15, 0.2) is 18.2 Å². The standard InChI is InChI=1S/C13H19FO/c1-10-5-6-11(13(2,3)4)9-12(10)15-8-7-14/h5-6,9H,7-8H2,1-4H3. The third-order valence-corrected chi connectivity index (χ3v) is 2.39. The Kier molecular flexibility index (Phi) is 3.72. The van der Waals surface area contributed by atoms with E-state index in [0.29, 0.717) is 0 Å². The molecule has 0 aromatic heterocycles. The maximum Gasteiger partial charge on any atom is 0.123 e. The van der Waals surface area contributed by atoms with Crippen molar-refractivity contribution < 1.29 is 9.13 Å². The fourth-order valence-electron chi connectivity index (χ4n) is 1.37. The quantitative estimate of drug-likeness (QED) is 0.740. The first-order chi connectivity index (χ1) is 6.95. The van der Waals surface area contributed by atoms with Gasteiger partial charge in [-0.25, -0.2) is 4.39 Å². The Hall–Kier alpha value is -1.05. The van der Waals surface area contributed by atoms with Gasteiger partial charge in [0, 0.05) is 0 Å². The van der Waals surface area contributed by atoms with Gasteiger partial charge in [-0.3, -0.25) is 0 Å². The monoisotopic (exact) mass is 210 g/mol. The van der Waals surface area contributed by atoms with Crippen molar-refractivity contribution in [3.05, 3.63) is 29.3 Å². The van der Waals surface area contributed by atoms with Crippen LogP contribution in [0.1, 0.15) is 31.9 Å². The number of benzene rings is 1. The van der Waals surface area contributed by atoms with Crippen LogP contribution in [0.2, 0.25) is 0 Å². The first-order valence-electron chi connectivity index (χ1n) is 5.25. The number of rotatable bonds is 3. The Morgan fingerprint density at radius 3 is 2.47 bits per heavy atom. The number of ether oxygens (including phenoxy) is 1. The Morgan fingerprint density at radius 1 is 1.27 bits per heavy atom. The zero-order valence-corrected chi connectivity index (χ0v) is 9.93. The summed E-state index contributed by atoms with van der Waals surface area (Å²) in [5.74, 6) is 0.792. The average molecular weight is 210 g/mol. The van der Waals surface area contributed by atoms with E-state index >= 15 is 0 Å². The summed E-state index contributed by atoms with van der Waals surface area (Å²) in [6.07, 6.45) is 0. The van der Waals surface area contributed by atoms with Crippen LogP contribution >= 0.6 is 0 Å². The van der Waals surface area contributed by atoms with Crippen LogP contribution in [0.5, 0.6) is 5.75 Å². The predicted molar refractivity (Wildman–Crippen MR) is 61.3 cm³/mol. The summed E-state index contributed by atoms with van der Waals surface area (Å²) in [7, 11) is 0. The Morgan fingerprint density at radius 2 is 1.93 bits per heavy atom. The summed E-state index contributed by atoms with van der Waals surface area (Å²) in [4.78, 5) is 0. The van der Waals surface area contributed by atoms with E-state index in [1.807, 2.05) is 19.1 Å². The molecule has 0 saturated carbocycles. The summed E-state index contributed by atoms with van der Waals surface area (Å²) < 4.78 is 17.4. The van der Waals surface area contributed by atoms with E-state index in [0.717, 1.165) is 11.3 Å². The van der Waals surface area contributed by atoms with Crippen LogP contribution in [0.25, 0.3) is 0 Å². The minimum Gasteiger partial charge on any atom is -0.491 e. The average Bonchev–Trinajstić information content (AvgIpc) is 2.15. The second-order valence-corrected chi connectivity index (χ2v) is 4.77. The maximum atomic E-state index is 12.0. The third kappa shape index (κ3) is 3.22. The van der Waals surface area contributed by atoms with Gasteiger partial charge in [0.15, 0.2) is 0 Å². The molecule has 0 aliphatic rings. The lowest BCUT2D eigenvalue weighted by Crippen LogP contribution is -2.11. The fraction of sp³-hybridized carbons (Fsp3) is 0.538. The molecular weight excluding hydrogens is 191 g/mol. The van der Waals surface area contributed by atoms with E-state index in [1.165, 1.54) is 5.56 Å². The minimum atomic E-state index is -0.445. The summed E-state index contributed by atoms with van der Waals surface area (Å²) in [6, 6.07) is 6.12. The van der Waals surface area contributed by atoms with E-state index < -0.39 is 6.67 Å². The molecule has 0 spiro atoms. The molecule has 0 amide bonds. The molecule has 1 aromatic carbocycles. The van der Waals surface area contributed by atoms with Crippen molar-refractivity contribution in [2.24, 2.45) is 0 Å². The Labute approximate surface area is 91.3 Å². The molecule has 1 aromatic rings. The van der Waals surface area contributed by atoms with Crippen molar-refractivity contribution in [1.29, 1.82) is 0 Å². The molecule has 0 saturated heterocycles. The van der Waals surface area contributed by atoms with E-state index in [9.17, 15) is 4.39 Å². The number of hydrogen-bond donors (Lipinski definition) is 0. The minimum absolute atomic E-state index is 0.0987. The van der Waals surface area contributed by atoms with Crippen LogP contribution in [0.3, 0.4) is 0 Å². The van der Waals surface area contributed by atoms with Gasteiger partial charge >= 0.3 is 0 Å². The molecule has 84 valence electrons. The van der Waals surface area contributed by atoms with Gasteiger partial charge in [0.05, 0.1) is 0 Å². The maximum absolute atomic E-state index is 12.0. The summed E-state index contributed by atoms with van der Waals surface area (Å²) in [5.41, 5.74) is 2.36. The highest BCUT2D eigenvalue weighted by molar-refractivity contribution is 5.39. The van der Waals surface area contributed by atoms with Gasteiger partial charge in [-0.2, -0.15) is 0 Å². The molecule has 0 N–H and O–H groups in total. The third-order valence-electron chi connectivity index (χ3n) is 2.39. The van der Waals surface area contributed by atoms with Crippen molar-refractivity contribution in [1.82, 2.24) is 0 Å². The van der Waals surface area contributed by atoms with E-state index in [2.05, 4.69) is 26.8 Å². The number of hydrogen-bond acceptors (Lipinski definition) is 1. The number of halogens is 1. The molecule has 0 atom stereocenters. The molecule has 0 bridgehead atoms. The second kappa shape index (κ2) is 4.65. The lowest BCUT2D eigenvalue weighted by Gasteiger charge is -2.20. The van der Waals surface area contributed by atoms with E-state index in [4.69, 9.17) is 4.74 Å². The molecule has 1 rings (SSSR count). The first kappa shape index (κ1) is 12.0. The zero-order valence-electron chi connectivity index (χ0n) is 9.93. The highest BCUT2D eigenvalue weighted by Gasteiger charge is 2.14. The van der Waals surface area contributed by atoms with E-state index in [1.54, 1.807) is 0 Å². The second-order valence-electron chi connectivity index (χ2n) is 4.77. The molecule has 0 heterocycles. The van der Waals surface area contributed by atoms with Crippen LogP contribution in [0.4, 0.5) is 4.39 Å². The van der Waals surface area contributed by atoms with Gasteiger partial charge < -0.3 is 4.74 Å². The normalized spacial score (nSPS) is 11.5. The van der Waals surface area contributed by atoms with E-state index in [-0.39, 0.29) is 12.0 Å².